The quantitative estimate of drug-likeness (QED) is 0.593. The SMILES string of the molecule is COCCNS(F)(F)NCCOC. The Morgan fingerprint density at radius 2 is 1.38 bits per heavy atom. The molecule has 0 aromatic rings. The van der Waals surface area contributed by atoms with Gasteiger partial charge in [-0.05, 0) is 0 Å². The standard InChI is InChI=1S/C6H16F2N2O2S/c1-11-5-3-9-13(7,8)10-4-6-12-2/h9-10H,3-6H2,1-2H3. The molecule has 0 amide bonds. The molecule has 0 aromatic heterocycles. The van der Waals surface area contributed by atoms with Gasteiger partial charge in [0, 0.05) is 27.3 Å². The highest BCUT2D eigenvalue weighted by Crippen LogP contribution is 2.41. The largest absolute Gasteiger partial charge is 0.383 e. The lowest BCUT2D eigenvalue weighted by Crippen LogP contribution is -2.30. The molecule has 0 spiro atoms. The molecule has 0 bridgehead atoms. The van der Waals surface area contributed by atoms with Gasteiger partial charge in [-0.1, -0.05) is 0 Å². The van der Waals surface area contributed by atoms with Crippen molar-refractivity contribution in [3.8, 4) is 0 Å². The lowest BCUT2D eigenvalue weighted by atomic mass is 10.7. The second-order valence-electron chi connectivity index (χ2n) is 2.24. The average molecular weight is 218 g/mol. The highest BCUT2D eigenvalue weighted by molar-refractivity contribution is 8.21. The van der Waals surface area contributed by atoms with Crippen LogP contribution in [-0.2, 0) is 9.47 Å². The summed E-state index contributed by atoms with van der Waals surface area (Å²) in [6, 6.07) is 0. The van der Waals surface area contributed by atoms with Gasteiger partial charge in [0.05, 0.1) is 13.2 Å². The zero-order valence-corrected chi connectivity index (χ0v) is 8.63. The first-order chi connectivity index (χ1) is 6.12. The molecule has 4 nitrogen and oxygen atoms in total. The minimum Gasteiger partial charge on any atom is -0.383 e. The molecular weight excluding hydrogens is 202 g/mol. The number of nitrogens with one attached hydrogen (secondary N) is 2. The Bertz CT molecular complexity index is 117. The monoisotopic (exact) mass is 218 g/mol. The van der Waals surface area contributed by atoms with E-state index in [9.17, 15) is 7.77 Å². The Hall–Kier alpha value is 0.0500. The van der Waals surface area contributed by atoms with Gasteiger partial charge in [0.2, 0.25) is 0 Å². The van der Waals surface area contributed by atoms with Crippen molar-refractivity contribution in [2.75, 3.05) is 40.5 Å². The zero-order chi connectivity index (χ0) is 10.2. The van der Waals surface area contributed by atoms with E-state index in [4.69, 9.17) is 0 Å². The summed E-state index contributed by atoms with van der Waals surface area (Å²) in [5.41, 5.74) is 0. The van der Waals surface area contributed by atoms with E-state index < -0.39 is 11.2 Å². The third-order valence-electron chi connectivity index (χ3n) is 1.18. The van der Waals surface area contributed by atoms with Gasteiger partial charge < -0.3 is 9.47 Å². The van der Waals surface area contributed by atoms with Crippen LogP contribution in [0.15, 0.2) is 0 Å². The minimum absolute atomic E-state index is 0.138. The van der Waals surface area contributed by atoms with Crippen molar-refractivity contribution in [1.29, 1.82) is 0 Å². The van der Waals surface area contributed by atoms with Crippen molar-refractivity contribution in [3.05, 3.63) is 0 Å². The maximum absolute atomic E-state index is 12.8. The predicted molar refractivity (Wildman–Crippen MR) is 49.6 cm³/mol. The molecule has 0 saturated carbocycles. The van der Waals surface area contributed by atoms with E-state index in [0.29, 0.717) is 0 Å². The number of hydrogen-bond acceptors (Lipinski definition) is 4. The third kappa shape index (κ3) is 8.38. The molecule has 0 aliphatic rings. The smallest absolute Gasteiger partial charge is 0.180 e. The Morgan fingerprint density at radius 1 is 1.00 bits per heavy atom. The normalized spacial score (nSPS) is 13.2. The predicted octanol–water partition coefficient (Wildman–Crippen LogP) is 0.862. The summed E-state index contributed by atoms with van der Waals surface area (Å²) in [6.07, 6.45) is 0. The number of halogens is 2. The Labute approximate surface area is 79.1 Å². The molecule has 0 aromatic carbocycles. The van der Waals surface area contributed by atoms with E-state index in [1.54, 1.807) is 0 Å². The molecule has 0 atom stereocenters. The van der Waals surface area contributed by atoms with Gasteiger partial charge >= 0.3 is 0 Å². The third-order valence-corrected chi connectivity index (χ3v) is 2.31. The van der Waals surface area contributed by atoms with E-state index in [2.05, 4.69) is 18.9 Å². The molecule has 0 heterocycles. The van der Waals surface area contributed by atoms with Crippen LogP contribution >= 0.6 is 11.2 Å². The molecule has 82 valence electrons. The van der Waals surface area contributed by atoms with Crippen molar-refractivity contribution in [3.63, 3.8) is 0 Å². The molecule has 0 unspecified atom stereocenters. The van der Waals surface area contributed by atoms with Crippen LogP contribution in [0.3, 0.4) is 0 Å². The molecule has 0 saturated heterocycles. The first-order valence-electron chi connectivity index (χ1n) is 3.82. The van der Waals surface area contributed by atoms with Crippen molar-refractivity contribution in [1.82, 2.24) is 9.44 Å². The minimum atomic E-state index is -3.89. The molecule has 0 aliphatic heterocycles. The molecule has 0 aliphatic carbocycles. The van der Waals surface area contributed by atoms with Crippen LogP contribution in [0.1, 0.15) is 0 Å². The maximum Gasteiger partial charge on any atom is 0.180 e. The van der Waals surface area contributed by atoms with Gasteiger partial charge in [0.25, 0.3) is 0 Å². The maximum atomic E-state index is 12.8. The van der Waals surface area contributed by atoms with Gasteiger partial charge in [-0.2, -0.15) is 0 Å². The van der Waals surface area contributed by atoms with E-state index in [1.165, 1.54) is 14.2 Å². The first kappa shape index (κ1) is 13.1. The Kier molecular flexibility index (Phi) is 7.48. The lowest BCUT2D eigenvalue weighted by molar-refractivity contribution is 0.201. The number of methoxy groups -OCH3 is 2. The average Bonchev–Trinajstić information content (AvgIpc) is 2.05. The molecule has 7 heteroatoms. The van der Waals surface area contributed by atoms with E-state index >= 15 is 0 Å². The molecule has 0 fully saturated rings. The zero-order valence-electron chi connectivity index (χ0n) is 7.81. The van der Waals surface area contributed by atoms with Gasteiger partial charge in [-0.15, -0.1) is 7.77 Å². The summed E-state index contributed by atoms with van der Waals surface area (Å²) in [4.78, 5) is 0. The Morgan fingerprint density at radius 3 is 1.69 bits per heavy atom. The summed E-state index contributed by atoms with van der Waals surface area (Å²) in [7, 11) is 2.93. The summed E-state index contributed by atoms with van der Waals surface area (Å²) in [6.45, 7) is 0.820. The molecular formula is C6H16F2N2O2S. The Balaban J connectivity index is 3.42. The molecule has 2 N–H and O–H groups in total. The van der Waals surface area contributed by atoms with Crippen molar-refractivity contribution in [2.45, 2.75) is 0 Å². The van der Waals surface area contributed by atoms with E-state index in [0.717, 1.165) is 0 Å². The van der Waals surface area contributed by atoms with Gasteiger partial charge in [0.15, 0.2) is 11.2 Å². The molecule has 13 heavy (non-hydrogen) atoms. The van der Waals surface area contributed by atoms with Gasteiger partial charge in [0.1, 0.15) is 0 Å². The van der Waals surface area contributed by atoms with Crippen molar-refractivity contribution >= 4 is 11.2 Å². The van der Waals surface area contributed by atoms with E-state index in [1.807, 2.05) is 0 Å². The first-order valence-corrected chi connectivity index (χ1v) is 5.25. The second kappa shape index (κ2) is 7.45. The number of hydrogen-bond donors (Lipinski definition) is 2. The topological polar surface area (TPSA) is 42.5 Å². The van der Waals surface area contributed by atoms with Crippen LogP contribution in [0.5, 0.6) is 0 Å². The van der Waals surface area contributed by atoms with E-state index in [-0.39, 0.29) is 26.3 Å². The fourth-order valence-electron chi connectivity index (χ4n) is 0.595. The fourth-order valence-corrected chi connectivity index (χ4v) is 1.38. The van der Waals surface area contributed by atoms with Crippen LogP contribution < -0.4 is 9.44 Å². The lowest BCUT2D eigenvalue weighted by Gasteiger charge is -2.22. The summed E-state index contributed by atoms with van der Waals surface area (Å²) < 4.78 is 39.1. The van der Waals surface area contributed by atoms with Crippen LogP contribution in [0.25, 0.3) is 0 Å². The van der Waals surface area contributed by atoms with Crippen LogP contribution in [0.2, 0.25) is 0 Å². The number of rotatable bonds is 8. The second-order valence-corrected chi connectivity index (χ2v) is 3.76. The highest BCUT2D eigenvalue weighted by Gasteiger charge is 2.19. The van der Waals surface area contributed by atoms with Gasteiger partial charge in [-0.3, -0.25) is 0 Å². The van der Waals surface area contributed by atoms with Crippen LogP contribution in [0, 0.1) is 0 Å². The van der Waals surface area contributed by atoms with Crippen LogP contribution in [-0.4, -0.2) is 40.5 Å². The fraction of sp³-hybridized carbons (Fsp3) is 1.00. The van der Waals surface area contributed by atoms with Gasteiger partial charge in [-0.25, -0.2) is 9.44 Å². The van der Waals surface area contributed by atoms with Crippen molar-refractivity contribution < 1.29 is 17.2 Å². The summed E-state index contributed by atoms with van der Waals surface area (Å²) >= 11 is -3.89. The molecule has 0 rings (SSSR count). The van der Waals surface area contributed by atoms with Crippen molar-refractivity contribution in [2.24, 2.45) is 0 Å². The molecule has 0 radical (unpaired) electrons. The summed E-state index contributed by atoms with van der Waals surface area (Å²) in [5.74, 6) is 0. The summed E-state index contributed by atoms with van der Waals surface area (Å²) in [5, 5.41) is 0. The number of ether oxygens (including phenoxy) is 2. The highest BCUT2D eigenvalue weighted by atomic mass is 32.3. The van der Waals surface area contributed by atoms with Crippen LogP contribution in [0.4, 0.5) is 7.77 Å².